The third-order valence-corrected chi connectivity index (χ3v) is 3.96. The van der Waals surface area contributed by atoms with Gasteiger partial charge in [0, 0.05) is 13.1 Å². The normalized spacial score (nSPS) is 22.8. The summed E-state index contributed by atoms with van der Waals surface area (Å²) in [5.74, 6) is 0.104. The van der Waals surface area contributed by atoms with Crippen LogP contribution in [0.5, 0.6) is 0 Å². The van der Waals surface area contributed by atoms with Crippen LogP contribution in [0.25, 0.3) is 0 Å². The molecule has 0 heterocycles. The van der Waals surface area contributed by atoms with E-state index >= 15 is 0 Å². The Hall–Kier alpha value is -0.570. The van der Waals surface area contributed by atoms with Gasteiger partial charge in [0.2, 0.25) is 5.91 Å². The van der Waals surface area contributed by atoms with E-state index in [1.165, 1.54) is 12.8 Å². The smallest absolute Gasteiger partial charge is 0.239 e. The molecule has 0 aromatic rings. The molecule has 0 aromatic heterocycles. The summed E-state index contributed by atoms with van der Waals surface area (Å²) in [6.07, 6.45) is 5.37. The van der Waals surface area contributed by atoms with E-state index in [0.29, 0.717) is 11.5 Å². The highest BCUT2D eigenvalue weighted by Gasteiger charge is 2.31. The van der Waals surface area contributed by atoms with Crippen LogP contribution in [0.15, 0.2) is 0 Å². The molecule has 0 saturated heterocycles. The number of carbonyl (C=O) groups excluding carboxylic acids is 1. The SMILES string of the molecule is CCC(N)C(=O)N(C)C1CCC(C)(C)CC1. The van der Waals surface area contributed by atoms with Gasteiger partial charge in [-0.05, 0) is 37.5 Å². The minimum atomic E-state index is -0.320. The molecule has 0 radical (unpaired) electrons. The first kappa shape index (κ1) is 13.5. The summed E-state index contributed by atoms with van der Waals surface area (Å²) in [5, 5.41) is 0. The molecule has 16 heavy (non-hydrogen) atoms. The first-order valence-corrected chi connectivity index (χ1v) is 6.39. The standard InChI is InChI=1S/C13H26N2O/c1-5-11(14)12(16)15(4)10-6-8-13(2,3)9-7-10/h10-11H,5-9,14H2,1-4H3. The molecule has 0 aliphatic heterocycles. The third kappa shape index (κ3) is 3.21. The number of carbonyl (C=O) groups is 1. The Balaban J connectivity index is 2.50. The van der Waals surface area contributed by atoms with Crippen LogP contribution in [0.2, 0.25) is 0 Å². The molecule has 0 aromatic carbocycles. The minimum absolute atomic E-state index is 0.104. The van der Waals surface area contributed by atoms with Crippen LogP contribution >= 0.6 is 0 Å². The first-order valence-electron chi connectivity index (χ1n) is 6.39. The van der Waals surface area contributed by atoms with Crippen LogP contribution in [0.1, 0.15) is 52.9 Å². The van der Waals surface area contributed by atoms with Crippen LogP contribution < -0.4 is 5.73 Å². The molecule has 1 saturated carbocycles. The second-order valence-electron chi connectivity index (χ2n) is 5.86. The number of rotatable bonds is 3. The Kier molecular flexibility index (Phi) is 4.36. The summed E-state index contributed by atoms with van der Waals surface area (Å²) in [6.45, 7) is 6.58. The van der Waals surface area contributed by atoms with E-state index in [-0.39, 0.29) is 11.9 Å². The molecule has 2 N–H and O–H groups in total. The van der Waals surface area contributed by atoms with Crippen molar-refractivity contribution in [3.05, 3.63) is 0 Å². The topological polar surface area (TPSA) is 46.3 Å². The summed E-state index contributed by atoms with van der Waals surface area (Å²) in [5.41, 5.74) is 6.24. The molecule has 1 unspecified atom stereocenters. The molecule has 1 aliphatic rings. The molecule has 1 atom stereocenters. The lowest BCUT2D eigenvalue weighted by Gasteiger charge is -2.39. The highest BCUT2D eigenvalue weighted by molar-refractivity contribution is 5.81. The Bertz CT molecular complexity index is 240. The van der Waals surface area contributed by atoms with Crippen molar-refractivity contribution in [1.29, 1.82) is 0 Å². The Labute approximate surface area is 99.4 Å². The average Bonchev–Trinajstić information content (AvgIpc) is 2.26. The molecule has 0 spiro atoms. The van der Waals surface area contributed by atoms with E-state index in [1.54, 1.807) is 0 Å². The zero-order valence-corrected chi connectivity index (χ0v) is 11.1. The summed E-state index contributed by atoms with van der Waals surface area (Å²) in [4.78, 5) is 13.8. The van der Waals surface area contributed by atoms with Crippen LogP contribution in [-0.2, 0) is 4.79 Å². The van der Waals surface area contributed by atoms with Crippen molar-refractivity contribution in [2.75, 3.05) is 7.05 Å². The van der Waals surface area contributed by atoms with Gasteiger partial charge in [-0.3, -0.25) is 4.79 Å². The summed E-state index contributed by atoms with van der Waals surface area (Å²) >= 11 is 0. The van der Waals surface area contributed by atoms with Crippen molar-refractivity contribution in [1.82, 2.24) is 4.90 Å². The first-order chi connectivity index (χ1) is 7.37. The van der Waals surface area contributed by atoms with Crippen LogP contribution in [0.4, 0.5) is 0 Å². The van der Waals surface area contributed by atoms with E-state index < -0.39 is 0 Å². The van der Waals surface area contributed by atoms with Gasteiger partial charge in [0.25, 0.3) is 0 Å². The monoisotopic (exact) mass is 226 g/mol. The van der Waals surface area contributed by atoms with E-state index in [2.05, 4.69) is 13.8 Å². The van der Waals surface area contributed by atoms with E-state index in [9.17, 15) is 4.79 Å². The van der Waals surface area contributed by atoms with Crippen molar-refractivity contribution in [3.63, 3.8) is 0 Å². The van der Waals surface area contributed by atoms with Gasteiger partial charge in [-0.1, -0.05) is 20.8 Å². The van der Waals surface area contributed by atoms with E-state index in [4.69, 9.17) is 5.73 Å². The van der Waals surface area contributed by atoms with Gasteiger partial charge in [-0.25, -0.2) is 0 Å². The molecule has 1 amide bonds. The number of nitrogens with two attached hydrogens (primary N) is 1. The number of hydrogen-bond donors (Lipinski definition) is 1. The highest BCUT2D eigenvalue weighted by Crippen LogP contribution is 2.36. The molecule has 1 fully saturated rings. The van der Waals surface area contributed by atoms with E-state index in [0.717, 1.165) is 19.3 Å². The zero-order valence-electron chi connectivity index (χ0n) is 11.1. The number of hydrogen-bond acceptors (Lipinski definition) is 2. The van der Waals surface area contributed by atoms with Gasteiger partial charge in [-0.15, -0.1) is 0 Å². The molecule has 3 nitrogen and oxygen atoms in total. The van der Waals surface area contributed by atoms with Gasteiger partial charge < -0.3 is 10.6 Å². The summed E-state index contributed by atoms with van der Waals surface area (Å²) in [7, 11) is 1.90. The fraction of sp³-hybridized carbons (Fsp3) is 0.923. The Morgan fingerprint density at radius 1 is 1.44 bits per heavy atom. The molecular formula is C13H26N2O. The largest absolute Gasteiger partial charge is 0.341 e. The van der Waals surface area contributed by atoms with Crippen molar-refractivity contribution in [2.24, 2.45) is 11.1 Å². The lowest BCUT2D eigenvalue weighted by Crippen LogP contribution is -2.47. The molecular weight excluding hydrogens is 200 g/mol. The van der Waals surface area contributed by atoms with Gasteiger partial charge in [0.1, 0.15) is 0 Å². The predicted molar refractivity (Wildman–Crippen MR) is 67.1 cm³/mol. The van der Waals surface area contributed by atoms with E-state index in [1.807, 2.05) is 18.9 Å². The van der Waals surface area contributed by atoms with Crippen LogP contribution in [0.3, 0.4) is 0 Å². The maximum absolute atomic E-state index is 11.9. The van der Waals surface area contributed by atoms with Crippen molar-refractivity contribution >= 4 is 5.91 Å². The maximum atomic E-state index is 11.9. The second kappa shape index (κ2) is 5.17. The maximum Gasteiger partial charge on any atom is 0.239 e. The quantitative estimate of drug-likeness (QED) is 0.801. The van der Waals surface area contributed by atoms with Gasteiger partial charge in [0.05, 0.1) is 6.04 Å². The van der Waals surface area contributed by atoms with Gasteiger partial charge >= 0.3 is 0 Å². The average molecular weight is 226 g/mol. The second-order valence-corrected chi connectivity index (χ2v) is 5.86. The van der Waals surface area contributed by atoms with Crippen molar-refractivity contribution in [3.8, 4) is 0 Å². The van der Waals surface area contributed by atoms with Gasteiger partial charge in [0.15, 0.2) is 0 Å². The fourth-order valence-corrected chi connectivity index (χ4v) is 2.39. The predicted octanol–water partition coefficient (Wildman–Crippen LogP) is 2.15. The third-order valence-electron chi connectivity index (χ3n) is 3.96. The summed E-state index contributed by atoms with van der Waals surface area (Å²) < 4.78 is 0. The molecule has 3 heteroatoms. The highest BCUT2D eigenvalue weighted by atomic mass is 16.2. The fourth-order valence-electron chi connectivity index (χ4n) is 2.39. The Morgan fingerprint density at radius 2 is 1.94 bits per heavy atom. The molecule has 0 bridgehead atoms. The van der Waals surface area contributed by atoms with Crippen molar-refractivity contribution in [2.45, 2.75) is 65.0 Å². The van der Waals surface area contributed by atoms with Gasteiger partial charge in [-0.2, -0.15) is 0 Å². The summed E-state index contributed by atoms with van der Waals surface area (Å²) in [6, 6.07) is 0.0815. The molecule has 1 rings (SSSR count). The van der Waals surface area contributed by atoms with Crippen LogP contribution in [0, 0.1) is 5.41 Å². The number of likely N-dealkylation sites (N-methyl/N-ethyl adjacent to an activating group) is 1. The van der Waals surface area contributed by atoms with Crippen molar-refractivity contribution < 1.29 is 4.79 Å². The minimum Gasteiger partial charge on any atom is -0.341 e. The lowest BCUT2D eigenvalue weighted by atomic mass is 9.75. The Morgan fingerprint density at radius 3 is 2.38 bits per heavy atom. The zero-order chi connectivity index (χ0) is 12.3. The number of nitrogens with zero attached hydrogens (tertiary/aromatic N) is 1. The molecule has 94 valence electrons. The van der Waals surface area contributed by atoms with Crippen LogP contribution in [-0.4, -0.2) is 29.9 Å². The lowest BCUT2D eigenvalue weighted by molar-refractivity contribution is -0.134. The number of amides is 1. The molecule has 1 aliphatic carbocycles.